The Balaban J connectivity index is 1.51. The van der Waals surface area contributed by atoms with Crippen molar-refractivity contribution in [1.29, 1.82) is 0 Å². The topological polar surface area (TPSA) is 395 Å². The lowest BCUT2D eigenvalue weighted by atomic mass is 9.77. The summed E-state index contributed by atoms with van der Waals surface area (Å²) in [5.41, 5.74) is 28.5. The minimum absolute atomic E-state index is 0.0157. The number of nitrogens with zero attached hydrogens (tertiary/aromatic N) is 7. The van der Waals surface area contributed by atoms with Crippen molar-refractivity contribution in [3.8, 4) is 0 Å². The Morgan fingerprint density at radius 2 is 1.28 bits per heavy atom. The van der Waals surface area contributed by atoms with E-state index >= 15 is 0 Å². The maximum absolute atomic E-state index is 13.6. The highest BCUT2D eigenvalue weighted by atomic mass is 16.4. The van der Waals surface area contributed by atoms with E-state index in [9.17, 15) is 53.5 Å². The Morgan fingerprint density at radius 3 is 1.77 bits per heavy atom. The number of nitrogens with two attached hydrogens (primary N) is 5. The van der Waals surface area contributed by atoms with Gasteiger partial charge in [0.15, 0.2) is 5.96 Å². The number of nitrogens with one attached hydrogen (secondary N) is 3. The molecule has 2 aliphatic rings. The van der Waals surface area contributed by atoms with Crippen molar-refractivity contribution >= 4 is 60.3 Å². The van der Waals surface area contributed by atoms with Crippen molar-refractivity contribution < 1.29 is 53.5 Å². The van der Waals surface area contributed by atoms with Crippen LogP contribution in [0, 0.1) is 0 Å². The predicted molar refractivity (Wildman–Crippen MR) is 254 cm³/mol. The third-order valence-corrected chi connectivity index (χ3v) is 11.6. The van der Waals surface area contributed by atoms with Crippen molar-refractivity contribution in [2.24, 2.45) is 33.7 Å². The van der Waals surface area contributed by atoms with E-state index < -0.39 is 73.1 Å². The smallest absolute Gasteiger partial charge is 0.426 e. The van der Waals surface area contributed by atoms with Gasteiger partial charge >= 0.3 is 7.12 Å². The van der Waals surface area contributed by atoms with Gasteiger partial charge in [0.2, 0.25) is 41.4 Å². The Kier molecular flexibility index (Phi) is 24.8. The molecule has 3 rings (SSSR count). The van der Waals surface area contributed by atoms with Crippen LogP contribution in [0.3, 0.4) is 0 Å². The fourth-order valence-corrected chi connectivity index (χ4v) is 7.91. The predicted octanol–water partition coefficient (Wildman–Crippen LogP) is -7.15. The molecule has 2 fully saturated rings. The first-order valence-electron chi connectivity index (χ1n) is 23.0. The molecule has 27 heteroatoms. The van der Waals surface area contributed by atoms with Crippen molar-refractivity contribution in [2.75, 3.05) is 112 Å². The summed E-state index contributed by atoms with van der Waals surface area (Å²) < 4.78 is 0. The molecular formula is C42H72BN15O11. The number of hydrogen-bond donors (Lipinski definition) is 11. The van der Waals surface area contributed by atoms with E-state index in [1.54, 1.807) is 31.3 Å². The molecule has 2 saturated heterocycles. The van der Waals surface area contributed by atoms with Gasteiger partial charge in [0.05, 0.1) is 44.8 Å². The number of rotatable bonds is 25. The van der Waals surface area contributed by atoms with Crippen LogP contribution in [0.2, 0.25) is 0 Å². The van der Waals surface area contributed by atoms with Gasteiger partial charge in [-0.15, -0.1) is 0 Å². The SMILES string of the molecule is CN(Cc1ccc(C(=O)NCC(=O)N2CC(O)CC2B(O)O)cc1)C(=O)CCCCNC(=O)[C@H](CCCN=C(N)N)NC(=O)CN1CCN(CC(N)=O)CCN(CC(N)=O)CCN(CC(N)=O)CC1. The molecule has 0 aliphatic carbocycles. The molecule has 1 aromatic rings. The minimum Gasteiger partial charge on any atom is -0.426 e. The number of unbranched alkanes of at least 4 members (excludes halogenated alkanes) is 1. The van der Waals surface area contributed by atoms with Gasteiger partial charge in [0.25, 0.3) is 5.91 Å². The number of likely N-dealkylation sites (tertiary alicyclic amines) is 1. The molecule has 3 atom stereocenters. The number of aliphatic imine (C=N–C) groups is 1. The average molecular weight is 974 g/mol. The van der Waals surface area contributed by atoms with Crippen LogP contribution >= 0.6 is 0 Å². The monoisotopic (exact) mass is 974 g/mol. The largest absolute Gasteiger partial charge is 0.475 e. The number of benzene rings is 1. The molecule has 26 nitrogen and oxygen atoms in total. The number of guanidine groups is 1. The summed E-state index contributed by atoms with van der Waals surface area (Å²) in [5, 5.41) is 37.1. The van der Waals surface area contributed by atoms with E-state index in [4.69, 9.17) is 28.7 Å². The maximum Gasteiger partial charge on any atom is 0.475 e. The van der Waals surface area contributed by atoms with Crippen LogP contribution in [0.5, 0.6) is 0 Å². The van der Waals surface area contributed by atoms with Gasteiger partial charge in [-0.25, -0.2) is 0 Å². The van der Waals surface area contributed by atoms with E-state index in [-0.39, 0.29) is 89.1 Å². The number of aliphatic hydroxyl groups is 1. The standard InChI is InChI=1S/C42H72BN15O11/c1-53(23-29-7-9-30(10-8-29)40(66)51-22-39(65)58-24-31(59)21-33(58)43(68)69)38(64)6-2-3-11-49-41(67)32(5-4-12-50-42(47)48)52-37(63)28-57-19-17-55(26-35(45)61)15-13-54(25-34(44)60)14-16-56(18-20-57)27-36(46)62/h7-10,31-33,59,68-69H,2-6,11-28H2,1H3,(H2,44,60)(H2,45,61)(H2,46,62)(H,49,67)(H,51,66)(H,52,63)(H4,47,48,50)/t31?,32-,33?/m0/s1. The van der Waals surface area contributed by atoms with E-state index in [0.29, 0.717) is 71.6 Å². The fourth-order valence-electron chi connectivity index (χ4n) is 7.91. The molecule has 384 valence electrons. The quantitative estimate of drug-likeness (QED) is 0.0188. The van der Waals surface area contributed by atoms with Crippen molar-refractivity contribution in [2.45, 2.75) is 63.2 Å². The van der Waals surface area contributed by atoms with Gasteiger partial charge in [0.1, 0.15) is 6.04 Å². The van der Waals surface area contributed by atoms with Crippen LogP contribution in [0.25, 0.3) is 0 Å². The maximum atomic E-state index is 13.6. The van der Waals surface area contributed by atoms with E-state index in [1.807, 2.05) is 19.6 Å². The summed E-state index contributed by atoms with van der Waals surface area (Å²) >= 11 is 0. The van der Waals surface area contributed by atoms with Crippen LogP contribution < -0.4 is 44.6 Å². The van der Waals surface area contributed by atoms with Gasteiger partial charge in [-0.1, -0.05) is 12.1 Å². The average Bonchev–Trinajstić information content (AvgIpc) is 3.68. The third kappa shape index (κ3) is 22.3. The molecular weight excluding hydrogens is 901 g/mol. The Morgan fingerprint density at radius 1 is 0.754 bits per heavy atom. The molecule has 0 saturated carbocycles. The first-order valence-corrected chi connectivity index (χ1v) is 23.0. The summed E-state index contributed by atoms with van der Waals surface area (Å²) in [6, 6.07) is 5.53. The van der Waals surface area contributed by atoms with Gasteiger partial charge in [-0.2, -0.15) is 0 Å². The molecule has 0 radical (unpaired) electrons. The highest BCUT2D eigenvalue weighted by Gasteiger charge is 2.41. The number of primary amides is 3. The summed E-state index contributed by atoms with van der Waals surface area (Å²) in [6.45, 7) is 2.82. The lowest BCUT2D eigenvalue weighted by Gasteiger charge is -2.33. The molecule has 2 heterocycles. The zero-order valence-corrected chi connectivity index (χ0v) is 39.5. The molecule has 8 amide bonds. The fraction of sp³-hybridized carbons (Fsp3) is 0.643. The normalized spacial score (nSPS) is 18.2. The second-order valence-corrected chi connectivity index (χ2v) is 17.4. The van der Waals surface area contributed by atoms with Gasteiger partial charge in [-0.3, -0.25) is 62.9 Å². The zero-order valence-electron chi connectivity index (χ0n) is 39.5. The van der Waals surface area contributed by atoms with Crippen LogP contribution in [-0.4, -0.2) is 235 Å². The Bertz CT molecular complexity index is 1880. The van der Waals surface area contributed by atoms with Crippen molar-refractivity contribution in [3.05, 3.63) is 35.4 Å². The molecule has 2 aliphatic heterocycles. The molecule has 1 aromatic carbocycles. The number of β-amino-alcohol motifs (C(OH)–C–C–N with tert-alkyl or cyclic N) is 1. The third-order valence-electron chi connectivity index (χ3n) is 11.6. The molecule has 0 bridgehead atoms. The first kappa shape index (κ1) is 57.4. The van der Waals surface area contributed by atoms with Crippen LogP contribution in [0.4, 0.5) is 0 Å². The van der Waals surface area contributed by atoms with Crippen LogP contribution in [-0.2, 0) is 40.1 Å². The zero-order chi connectivity index (χ0) is 51.0. The van der Waals surface area contributed by atoms with E-state index in [0.717, 1.165) is 10.5 Å². The number of amides is 8. The van der Waals surface area contributed by atoms with E-state index in [2.05, 4.69) is 20.9 Å². The Hall–Kier alpha value is -5.97. The first-order chi connectivity index (χ1) is 32.7. The molecule has 16 N–H and O–H groups in total. The lowest BCUT2D eigenvalue weighted by Crippen LogP contribution is -2.52. The lowest BCUT2D eigenvalue weighted by molar-refractivity contribution is -0.131. The van der Waals surface area contributed by atoms with Crippen molar-refractivity contribution in [3.63, 3.8) is 0 Å². The summed E-state index contributed by atoms with van der Waals surface area (Å²) in [6.07, 6.45) is 0.816. The highest BCUT2D eigenvalue weighted by Crippen LogP contribution is 2.19. The highest BCUT2D eigenvalue weighted by molar-refractivity contribution is 6.43. The van der Waals surface area contributed by atoms with Crippen LogP contribution in [0.1, 0.15) is 54.4 Å². The summed E-state index contributed by atoms with van der Waals surface area (Å²) in [7, 11) is -0.175. The summed E-state index contributed by atoms with van der Waals surface area (Å²) in [5.74, 6) is -4.81. The van der Waals surface area contributed by atoms with E-state index in [1.165, 1.54) is 4.90 Å². The number of carbonyl (C=O) groups is 8. The minimum atomic E-state index is -1.82. The van der Waals surface area contributed by atoms with Gasteiger partial charge in [0, 0.05) is 97.6 Å². The second-order valence-electron chi connectivity index (χ2n) is 17.4. The van der Waals surface area contributed by atoms with Crippen LogP contribution in [0.15, 0.2) is 29.3 Å². The molecule has 2 unspecified atom stereocenters. The molecule has 69 heavy (non-hydrogen) atoms. The number of carbonyl (C=O) groups excluding carboxylic acids is 8. The summed E-state index contributed by atoms with van der Waals surface area (Å²) in [4.78, 5) is 115. The van der Waals surface area contributed by atoms with Gasteiger partial charge in [-0.05, 0) is 49.8 Å². The molecule has 0 aromatic heterocycles. The van der Waals surface area contributed by atoms with Gasteiger partial charge < -0.3 is 69.6 Å². The molecule has 0 spiro atoms. The number of hydrogen-bond acceptors (Lipinski definition) is 16. The number of aliphatic hydroxyl groups excluding tert-OH is 1. The Labute approximate surface area is 402 Å². The second kappa shape index (κ2) is 29.8. The van der Waals surface area contributed by atoms with Crippen molar-refractivity contribution in [1.82, 2.24) is 45.3 Å².